The summed E-state index contributed by atoms with van der Waals surface area (Å²) in [6.45, 7) is 5.20. The van der Waals surface area contributed by atoms with Crippen molar-refractivity contribution in [3.05, 3.63) is 22.7 Å². The van der Waals surface area contributed by atoms with Gasteiger partial charge in [0.25, 0.3) is 0 Å². The van der Waals surface area contributed by atoms with Crippen molar-refractivity contribution < 1.29 is 9.84 Å². The predicted octanol–water partition coefficient (Wildman–Crippen LogP) is 3.69. The lowest BCUT2D eigenvalue weighted by Gasteiger charge is -2.17. The predicted molar refractivity (Wildman–Crippen MR) is 76.5 cm³/mol. The van der Waals surface area contributed by atoms with Gasteiger partial charge in [0.1, 0.15) is 5.75 Å². The summed E-state index contributed by atoms with van der Waals surface area (Å²) in [6.07, 6.45) is 2.29. The first-order valence-electron chi connectivity index (χ1n) is 6.37. The van der Waals surface area contributed by atoms with Gasteiger partial charge in [0, 0.05) is 18.2 Å². The van der Waals surface area contributed by atoms with Gasteiger partial charge in [-0.2, -0.15) is 0 Å². The number of anilines is 1. The first-order valence-corrected chi connectivity index (χ1v) is 6.75. The highest BCUT2D eigenvalue weighted by Gasteiger charge is 2.10. The molecule has 2 N–H and O–H groups in total. The summed E-state index contributed by atoms with van der Waals surface area (Å²) < 4.78 is 5.23. The smallest absolute Gasteiger partial charge is 0.126 e. The molecular weight excluding hydrogens is 250 g/mol. The zero-order chi connectivity index (χ0) is 13.5. The summed E-state index contributed by atoms with van der Waals surface area (Å²) >= 11 is 6.18. The molecule has 0 heterocycles. The summed E-state index contributed by atoms with van der Waals surface area (Å²) in [5.41, 5.74) is 1.56. The van der Waals surface area contributed by atoms with Crippen LogP contribution in [0.4, 0.5) is 5.69 Å². The molecule has 0 fully saturated rings. The van der Waals surface area contributed by atoms with Crippen LogP contribution in [0.2, 0.25) is 5.02 Å². The Morgan fingerprint density at radius 2 is 2.00 bits per heavy atom. The second kappa shape index (κ2) is 7.49. The molecule has 0 saturated carbocycles. The van der Waals surface area contributed by atoms with E-state index in [9.17, 15) is 5.11 Å². The molecule has 0 atom stereocenters. The number of rotatable bonds is 7. The first-order chi connectivity index (χ1) is 8.65. The third-order valence-corrected chi connectivity index (χ3v) is 3.59. The van der Waals surface area contributed by atoms with E-state index in [0.717, 1.165) is 25.1 Å². The zero-order valence-corrected chi connectivity index (χ0v) is 12.0. The average Bonchev–Trinajstić information content (AvgIpc) is 2.40. The van der Waals surface area contributed by atoms with Gasteiger partial charge >= 0.3 is 0 Å². The van der Waals surface area contributed by atoms with Crippen molar-refractivity contribution in [1.82, 2.24) is 0 Å². The Hall–Kier alpha value is -0.930. The molecule has 102 valence electrons. The standard InChI is InChI=1S/C14H22ClNO2/c1-4-10(5-2)8-16-13-7-14(18-3)11(9-17)6-12(13)15/h6-7,10,16-17H,4-5,8-9H2,1-3H3. The van der Waals surface area contributed by atoms with Crippen molar-refractivity contribution in [2.24, 2.45) is 5.92 Å². The minimum atomic E-state index is -0.0737. The van der Waals surface area contributed by atoms with Crippen LogP contribution in [0, 0.1) is 5.92 Å². The minimum Gasteiger partial charge on any atom is -0.496 e. The molecule has 0 aromatic heterocycles. The Morgan fingerprint density at radius 3 is 2.50 bits per heavy atom. The van der Waals surface area contributed by atoms with Crippen LogP contribution in [0.15, 0.2) is 12.1 Å². The van der Waals surface area contributed by atoms with E-state index >= 15 is 0 Å². The highest BCUT2D eigenvalue weighted by atomic mass is 35.5. The fourth-order valence-corrected chi connectivity index (χ4v) is 2.13. The quantitative estimate of drug-likeness (QED) is 0.795. The number of benzene rings is 1. The molecule has 0 aliphatic carbocycles. The molecule has 0 saturated heterocycles. The molecule has 0 radical (unpaired) electrons. The van der Waals surface area contributed by atoms with Gasteiger partial charge < -0.3 is 15.2 Å². The molecule has 0 amide bonds. The lowest BCUT2D eigenvalue weighted by atomic mass is 10.0. The lowest BCUT2D eigenvalue weighted by molar-refractivity contribution is 0.274. The van der Waals surface area contributed by atoms with Crippen LogP contribution >= 0.6 is 11.6 Å². The van der Waals surface area contributed by atoms with Crippen molar-refractivity contribution in [2.75, 3.05) is 19.0 Å². The van der Waals surface area contributed by atoms with Gasteiger partial charge in [-0.15, -0.1) is 0 Å². The number of hydrogen-bond acceptors (Lipinski definition) is 3. The van der Waals surface area contributed by atoms with E-state index in [1.54, 1.807) is 13.2 Å². The van der Waals surface area contributed by atoms with E-state index < -0.39 is 0 Å². The maximum atomic E-state index is 9.20. The Balaban J connectivity index is 2.82. The lowest BCUT2D eigenvalue weighted by Crippen LogP contribution is -2.13. The van der Waals surface area contributed by atoms with E-state index in [0.29, 0.717) is 22.3 Å². The molecule has 0 spiro atoms. The second-order valence-electron chi connectivity index (χ2n) is 4.37. The minimum absolute atomic E-state index is 0.0737. The zero-order valence-electron chi connectivity index (χ0n) is 11.3. The van der Waals surface area contributed by atoms with Crippen LogP contribution in [0.1, 0.15) is 32.3 Å². The number of methoxy groups -OCH3 is 1. The fraction of sp³-hybridized carbons (Fsp3) is 0.571. The number of aliphatic hydroxyl groups excluding tert-OH is 1. The van der Waals surface area contributed by atoms with Crippen molar-refractivity contribution in [3.63, 3.8) is 0 Å². The van der Waals surface area contributed by atoms with Crippen molar-refractivity contribution in [1.29, 1.82) is 0 Å². The van der Waals surface area contributed by atoms with E-state index in [2.05, 4.69) is 19.2 Å². The molecule has 3 nitrogen and oxygen atoms in total. The van der Waals surface area contributed by atoms with Crippen LogP contribution in [0.25, 0.3) is 0 Å². The topological polar surface area (TPSA) is 41.5 Å². The SMILES string of the molecule is CCC(CC)CNc1cc(OC)c(CO)cc1Cl. The van der Waals surface area contributed by atoms with Crippen molar-refractivity contribution in [3.8, 4) is 5.75 Å². The summed E-state index contributed by atoms with van der Waals surface area (Å²) in [5.74, 6) is 1.30. The van der Waals surface area contributed by atoms with Crippen molar-refractivity contribution in [2.45, 2.75) is 33.3 Å². The Kier molecular flexibility index (Phi) is 6.30. The average molecular weight is 272 g/mol. The van der Waals surface area contributed by atoms with Gasteiger partial charge in [-0.3, -0.25) is 0 Å². The van der Waals surface area contributed by atoms with Crippen LogP contribution < -0.4 is 10.1 Å². The van der Waals surface area contributed by atoms with E-state index in [4.69, 9.17) is 16.3 Å². The highest BCUT2D eigenvalue weighted by molar-refractivity contribution is 6.33. The van der Waals surface area contributed by atoms with Gasteiger partial charge in [0.15, 0.2) is 0 Å². The van der Waals surface area contributed by atoms with E-state index in [-0.39, 0.29) is 6.61 Å². The largest absolute Gasteiger partial charge is 0.496 e. The van der Waals surface area contributed by atoms with Gasteiger partial charge in [-0.25, -0.2) is 0 Å². The number of ether oxygens (including phenoxy) is 1. The van der Waals surface area contributed by atoms with Crippen LogP contribution in [0.5, 0.6) is 5.75 Å². The molecule has 0 unspecified atom stereocenters. The first kappa shape index (κ1) is 15.1. The monoisotopic (exact) mass is 271 g/mol. The molecule has 1 aromatic rings. The fourth-order valence-electron chi connectivity index (χ4n) is 1.88. The third kappa shape index (κ3) is 3.79. The Morgan fingerprint density at radius 1 is 1.33 bits per heavy atom. The molecule has 0 aliphatic rings. The molecular formula is C14H22ClNO2. The maximum Gasteiger partial charge on any atom is 0.126 e. The second-order valence-corrected chi connectivity index (χ2v) is 4.77. The van der Waals surface area contributed by atoms with Crippen LogP contribution in [-0.4, -0.2) is 18.8 Å². The molecule has 0 bridgehead atoms. The number of aliphatic hydroxyl groups is 1. The van der Waals surface area contributed by atoms with Gasteiger partial charge in [-0.1, -0.05) is 38.3 Å². The summed E-state index contributed by atoms with van der Waals surface area (Å²) in [7, 11) is 1.59. The van der Waals surface area contributed by atoms with E-state index in [1.807, 2.05) is 6.07 Å². The Labute approximate surface area is 114 Å². The van der Waals surface area contributed by atoms with Gasteiger partial charge in [-0.05, 0) is 12.0 Å². The molecule has 0 aliphatic heterocycles. The summed E-state index contributed by atoms with van der Waals surface area (Å²) in [4.78, 5) is 0. The van der Waals surface area contributed by atoms with Gasteiger partial charge in [0.2, 0.25) is 0 Å². The molecule has 1 rings (SSSR count). The summed E-state index contributed by atoms with van der Waals surface area (Å²) in [5, 5.41) is 13.2. The highest BCUT2D eigenvalue weighted by Crippen LogP contribution is 2.31. The normalized spacial score (nSPS) is 10.8. The number of nitrogens with one attached hydrogen (secondary N) is 1. The number of hydrogen-bond donors (Lipinski definition) is 2. The molecule has 4 heteroatoms. The Bertz CT molecular complexity index is 378. The summed E-state index contributed by atoms with van der Waals surface area (Å²) in [6, 6.07) is 3.59. The molecule has 1 aromatic carbocycles. The maximum absolute atomic E-state index is 9.20. The van der Waals surface area contributed by atoms with E-state index in [1.165, 1.54) is 0 Å². The van der Waals surface area contributed by atoms with Crippen LogP contribution in [-0.2, 0) is 6.61 Å². The molecule has 18 heavy (non-hydrogen) atoms. The number of halogens is 1. The third-order valence-electron chi connectivity index (χ3n) is 3.28. The van der Waals surface area contributed by atoms with Crippen molar-refractivity contribution >= 4 is 17.3 Å². The van der Waals surface area contributed by atoms with Crippen LogP contribution in [0.3, 0.4) is 0 Å². The van der Waals surface area contributed by atoms with Gasteiger partial charge in [0.05, 0.1) is 24.4 Å².